The maximum Gasteiger partial charge on any atom is 0.318 e. The highest BCUT2D eigenvalue weighted by atomic mass is 19.1. The van der Waals surface area contributed by atoms with E-state index < -0.39 is 0 Å². The van der Waals surface area contributed by atoms with Gasteiger partial charge < -0.3 is 15.1 Å². The van der Waals surface area contributed by atoms with E-state index in [-0.39, 0.29) is 17.9 Å². The first-order valence-electron chi connectivity index (χ1n) is 9.51. The van der Waals surface area contributed by atoms with Gasteiger partial charge in [-0.3, -0.25) is 4.98 Å². The van der Waals surface area contributed by atoms with Crippen LogP contribution >= 0.6 is 0 Å². The summed E-state index contributed by atoms with van der Waals surface area (Å²) in [6, 6.07) is 10.1. The Bertz CT molecular complexity index is 717. The number of rotatable bonds is 7. The molecule has 1 unspecified atom stereocenters. The summed E-state index contributed by atoms with van der Waals surface area (Å²) >= 11 is 0. The molecule has 0 radical (unpaired) electrons. The van der Waals surface area contributed by atoms with Gasteiger partial charge in [0.2, 0.25) is 0 Å². The molecule has 0 spiro atoms. The van der Waals surface area contributed by atoms with Gasteiger partial charge in [0.25, 0.3) is 0 Å². The van der Waals surface area contributed by atoms with E-state index in [9.17, 15) is 9.18 Å². The van der Waals surface area contributed by atoms with Gasteiger partial charge in [-0.2, -0.15) is 0 Å². The van der Waals surface area contributed by atoms with Crippen molar-refractivity contribution >= 4 is 6.03 Å². The largest absolute Gasteiger partial charge is 0.334 e. The molecule has 1 N–H and O–H groups in total. The highest BCUT2D eigenvalue weighted by Crippen LogP contribution is 2.12. The van der Waals surface area contributed by atoms with Crippen LogP contribution in [0.15, 0.2) is 48.8 Å². The number of amides is 2. The van der Waals surface area contributed by atoms with E-state index in [1.54, 1.807) is 29.4 Å². The fraction of sp³-hybridized carbons (Fsp3) is 0.429. The molecule has 144 valence electrons. The zero-order valence-corrected chi connectivity index (χ0v) is 15.8. The number of nitrogens with zero attached hydrogens (tertiary/aromatic N) is 3. The van der Waals surface area contributed by atoms with Crippen LogP contribution in [0.5, 0.6) is 0 Å². The van der Waals surface area contributed by atoms with Crippen molar-refractivity contribution in [2.24, 2.45) is 0 Å². The average molecular weight is 370 g/mol. The van der Waals surface area contributed by atoms with Gasteiger partial charge in [-0.25, -0.2) is 9.18 Å². The van der Waals surface area contributed by atoms with E-state index in [1.807, 2.05) is 19.1 Å². The summed E-state index contributed by atoms with van der Waals surface area (Å²) in [6.45, 7) is 6.02. The molecule has 27 heavy (non-hydrogen) atoms. The second-order valence-corrected chi connectivity index (χ2v) is 7.20. The first kappa shape index (κ1) is 19.3. The number of pyridine rings is 1. The lowest BCUT2D eigenvalue weighted by molar-refractivity contribution is 0.184. The Morgan fingerprint density at radius 2 is 1.70 bits per heavy atom. The normalized spacial score (nSPS) is 15.5. The van der Waals surface area contributed by atoms with Gasteiger partial charge >= 0.3 is 6.03 Å². The minimum absolute atomic E-state index is 0.0729. The van der Waals surface area contributed by atoms with E-state index in [4.69, 9.17) is 0 Å². The van der Waals surface area contributed by atoms with Crippen LogP contribution in [0.2, 0.25) is 0 Å². The number of carbonyl (C=O) groups is 1. The molecule has 1 fully saturated rings. The summed E-state index contributed by atoms with van der Waals surface area (Å²) < 4.78 is 13.2. The van der Waals surface area contributed by atoms with Crippen molar-refractivity contribution < 1.29 is 9.18 Å². The molecule has 1 aromatic heterocycles. The Kier molecular flexibility index (Phi) is 6.76. The third-order valence-electron chi connectivity index (χ3n) is 4.80. The second-order valence-electron chi connectivity index (χ2n) is 7.20. The van der Waals surface area contributed by atoms with Gasteiger partial charge in [-0.1, -0.05) is 12.1 Å². The molecule has 0 aliphatic carbocycles. The molecule has 1 atom stereocenters. The maximum atomic E-state index is 13.2. The maximum absolute atomic E-state index is 13.2. The number of hydrogen-bond acceptors (Lipinski definition) is 3. The molecule has 1 aromatic carbocycles. The highest BCUT2D eigenvalue weighted by Gasteiger charge is 2.20. The summed E-state index contributed by atoms with van der Waals surface area (Å²) in [4.78, 5) is 21.1. The topological polar surface area (TPSA) is 48.5 Å². The van der Waals surface area contributed by atoms with E-state index in [0.29, 0.717) is 13.1 Å². The van der Waals surface area contributed by atoms with Crippen molar-refractivity contribution in [2.75, 3.05) is 19.6 Å². The lowest BCUT2D eigenvalue weighted by Gasteiger charge is -2.27. The highest BCUT2D eigenvalue weighted by molar-refractivity contribution is 5.74. The second kappa shape index (κ2) is 9.46. The predicted octanol–water partition coefficient (Wildman–Crippen LogP) is 3.42. The molecule has 3 rings (SSSR count). The fourth-order valence-corrected chi connectivity index (χ4v) is 3.42. The van der Waals surface area contributed by atoms with Crippen molar-refractivity contribution in [3.8, 4) is 0 Å². The Morgan fingerprint density at radius 1 is 1.11 bits per heavy atom. The van der Waals surface area contributed by atoms with Crippen LogP contribution in [0.25, 0.3) is 0 Å². The molecule has 6 heteroatoms. The molecule has 2 heterocycles. The Morgan fingerprint density at radius 3 is 2.33 bits per heavy atom. The number of nitrogens with one attached hydrogen (secondary N) is 1. The van der Waals surface area contributed by atoms with Crippen LogP contribution in [0.3, 0.4) is 0 Å². The Hall–Kier alpha value is -2.47. The summed E-state index contributed by atoms with van der Waals surface area (Å²) in [6.07, 6.45) is 5.91. The van der Waals surface area contributed by atoms with Crippen LogP contribution in [-0.2, 0) is 13.1 Å². The van der Waals surface area contributed by atoms with Gasteiger partial charge in [0.15, 0.2) is 0 Å². The van der Waals surface area contributed by atoms with Crippen molar-refractivity contribution in [1.82, 2.24) is 20.1 Å². The van der Waals surface area contributed by atoms with Gasteiger partial charge in [-0.15, -0.1) is 0 Å². The predicted molar refractivity (Wildman–Crippen MR) is 104 cm³/mol. The van der Waals surface area contributed by atoms with Crippen LogP contribution in [0, 0.1) is 5.82 Å². The summed E-state index contributed by atoms with van der Waals surface area (Å²) in [7, 11) is 0. The van der Waals surface area contributed by atoms with Gasteiger partial charge in [0.05, 0.1) is 0 Å². The van der Waals surface area contributed by atoms with E-state index in [0.717, 1.165) is 30.8 Å². The van der Waals surface area contributed by atoms with E-state index in [1.165, 1.54) is 25.0 Å². The first-order chi connectivity index (χ1) is 13.1. The molecule has 1 saturated heterocycles. The minimum Gasteiger partial charge on any atom is -0.334 e. The quantitative estimate of drug-likeness (QED) is 0.812. The number of halogens is 1. The summed E-state index contributed by atoms with van der Waals surface area (Å²) in [5.41, 5.74) is 1.90. The number of carbonyl (C=O) groups excluding carboxylic acids is 1. The lowest BCUT2D eigenvalue weighted by atomic mass is 10.2. The zero-order valence-electron chi connectivity index (χ0n) is 15.8. The number of hydrogen-bond donors (Lipinski definition) is 1. The Labute approximate surface area is 160 Å². The van der Waals surface area contributed by atoms with Crippen molar-refractivity contribution in [2.45, 2.75) is 38.9 Å². The zero-order chi connectivity index (χ0) is 19.1. The van der Waals surface area contributed by atoms with E-state index in [2.05, 4.69) is 15.2 Å². The Balaban J connectivity index is 1.65. The monoisotopic (exact) mass is 370 g/mol. The van der Waals surface area contributed by atoms with Crippen molar-refractivity contribution in [3.63, 3.8) is 0 Å². The van der Waals surface area contributed by atoms with Crippen LogP contribution in [0.4, 0.5) is 9.18 Å². The summed E-state index contributed by atoms with van der Waals surface area (Å²) in [5, 5.41) is 3.11. The van der Waals surface area contributed by atoms with Crippen molar-refractivity contribution in [3.05, 3.63) is 65.7 Å². The minimum atomic E-state index is -0.275. The SMILES string of the molecule is CC(CN1CCCC1)NC(=O)N(Cc1ccncc1)Cc1ccc(F)cc1. The van der Waals surface area contributed by atoms with Crippen LogP contribution in [-0.4, -0.2) is 46.5 Å². The summed E-state index contributed by atoms with van der Waals surface area (Å²) in [5.74, 6) is -0.275. The van der Waals surface area contributed by atoms with Gasteiger partial charge in [0, 0.05) is 38.1 Å². The van der Waals surface area contributed by atoms with Crippen LogP contribution in [0.1, 0.15) is 30.9 Å². The van der Waals surface area contributed by atoms with Crippen molar-refractivity contribution in [1.29, 1.82) is 0 Å². The van der Waals surface area contributed by atoms with Crippen LogP contribution < -0.4 is 5.32 Å². The van der Waals surface area contributed by atoms with Gasteiger partial charge in [-0.05, 0) is 68.2 Å². The third-order valence-corrected chi connectivity index (χ3v) is 4.80. The molecule has 2 amide bonds. The molecule has 0 bridgehead atoms. The molecule has 1 aliphatic rings. The molecule has 2 aromatic rings. The van der Waals surface area contributed by atoms with Gasteiger partial charge in [0.1, 0.15) is 5.82 Å². The lowest BCUT2D eigenvalue weighted by Crippen LogP contribution is -2.47. The third kappa shape index (κ3) is 6.03. The first-order valence-corrected chi connectivity index (χ1v) is 9.51. The molecular weight excluding hydrogens is 343 g/mol. The fourth-order valence-electron chi connectivity index (χ4n) is 3.42. The standard InChI is InChI=1S/C21H27FN4O/c1-17(14-25-12-2-3-13-25)24-21(27)26(16-19-8-10-23-11-9-19)15-18-4-6-20(22)7-5-18/h4-11,17H,2-3,12-16H2,1H3,(H,24,27). The smallest absolute Gasteiger partial charge is 0.318 e. The number of aromatic nitrogens is 1. The molecule has 5 nitrogen and oxygen atoms in total. The molecule has 1 aliphatic heterocycles. The van der Waals surface area contributed by atoms with E-state index >= 15 is 0 Å². The average Bonchev–Trinajstić information content (AvgIpc) is 3.16. The molecule has 0 saturated carbocycles. The molecular formula is C21H27FN4O. The number of urea groups is 1. The number of benzene rings is 1. The number of likely N-dealkylation sites (tertiary alicyclic amines) is 1.